The molecule has 1 N–H and O–H groups in total. The lowest BCUT2D eigenvalue weighted by Crippen LogP contribution is -2.17. The molecule has 0 unspecified atom stereocenters. The normalized spacial score (nSPS) is 14.6. The number of anilines is 1. The van der Waals surface area contributed by atoms with Gasteiger partial charge in [-0.3, -0.25) is 4.72 Å². The quantitative estimate of drug-likeness (QED) is 0.824. The average molecular weight is 382 g/mol. The highest BCUT2D eigenvalue weighted by molar-refractivity contribution is 9.10. The summed E-state index contributed by atoms with van der Waals surface area (Å²) in [5, 5.41) is -0.236. The highest BCUT2D eigenvalue weighted by atomic mass is 79.9. The van der Waals surface area contributed by atoms with Crippen LogP contribution in [0.4, 0.5) is 5.69 Å². The van der Waals surface area contributed by atoms with Crippen LogP contribution in [-0.2, 0) is 16.6 Å². The van der Waals surface area contributed by atoms with Crippen LogP contribution in [0.5, 0.6) is 5.75 Å². The van der Waals surface area contributed by atoms with Gasteiger partial charge in [-0.05, 0) is 52.5 Å². The van der Waals surface area contributed by atoms with E-state index in [4.69, 9.17) is 4.74 Å². The first kappa shape index (κ1) is 15.4. The van der Waals surface area contributed by atoms with Crippen LogP contribution in [0.25, 0.3) is 0 Å². The highest BCUT2D eigenvalue weighted by Gasteiger charge is 2.35. The Labute approximate surface area is 138 Å². The molecule has 1 aliphatic carbocycles. The van der Waals surface area contributed by atoms with Crippen molar-refractivity contribution in [2.45, 2.75) is 24.7 Å². The van der Waals surface area contributed by atoms with Gasteiger partial charge in [-0.2, -0.15) is 0 Å². The molecule has 22 heavy (non-hydrogen) atoms. The van der Waals surface area contributed by atoms with Crippen molar-refractivity contribution in [3.63, 3.8) is 0 Å². The molecule has 2 aromatic carbocycles. The van der Waals surface area contributed by atoms with E-state index in [9.17, 15) is 8.42 Å². The largest absolute Gasteiger partial charge is 0.488 e. The summed E-state index contributed by atoms with van der Waals surface area (Å²) < 4.78 is 32.9. The second-order valence-electron chi connectivity index (χ2n) is 5.27. The highest BCUT2D eigenvalue weighted by Crippen LogP contribution is 2.32. The van der Waals surface area contributed by atoms with Gasteiger partial charge in [-0.25, -0.2) is 8.42 Å². The molecule has 0 heterocycles. The third-order valence-electron chi connectivity index (χ3n) is 3.39. The van der Waals surface area contributed by atoms with E-state index in [1.807, 2.05) is 30.3 Å². The molecule has 0 radical (unpaired) electrons. The fourth-order valence-electron chi connectivity index (χ4n) is 2.04. The fourth-order valence-corrected chi connectivity index (χ4v) is 3.91. The molecule has 6 heteroatoms. The average Bonchev–Trinajstić information content (AvgIpc) is 3.32. The minimum absolute atomic E-state index is 0.236. The van der Waals surface area contributed by atoms with Crippen molar-refractivity contribution in [1.82, 2.24) is 0 Å². The van der Waals surface area contributed by atoms with Crippen LogP contribution in [-0.4, -0.2) is 13.7 Å². The van der Waals surface area contributed by atoms with Gasteiger partial charge >= 0.3 is 0 Å². The van der Waals surface area contributed by atoms with E-state index in [-0.39, 0.29) is 5.25 Å². The second-order valence-corrected chi connectivity index (χ2v) is 8.08. The van der Waals surface area contributed by atoms with Crippen molar-refractivity contribution in [1.29, 1.82) is 0 Å². The number of hydrogen-bond donors (Lipinski definition) is 1. The maximum Gasteiger partial charge on any atom is 0.235 e. The summed E-state index contributed by atoms with van der Waals surface area (Å²) in [5.41, 5.74) is 1.62. The summed E-state index contributed by atoms with van der Waals surface area (Å²) in [6.07, 6.45) is 1.49. The van der Waals surface area contributed by atoms with E-state index < -0.39 is 10.0 Å². The molecule has 0 aromatic heterocycles. The molecule has 2 aromatic rings. The molecule has 0 amide bonds. The zero-order valence-corrected chi connectivity index (χ0v) is 14.2. The summed E-state index contributed by atoms with van der Waals surface area (Å²) in [6, 6.07) is 15.1. The van der Waals surface area contributed by atoms with E-state index in [2.05, 4.69) is 20.7 Å². The SMILES string of the molecule is O=S(=O)(Nc1ccc(OCc2ccccc2)c(Br)c1)C1CC1. The number of halogens is 1. The Morgan fingerprint density at radius 2 is 1.86 bits per heavy atom. The summed E-state index contributed by atoms with van der Waals surface area (Å²) in [6.45, 7) is 0.465. The van der Waals surface area contributed by atoms with Gasteiger partial charge in [0.15, 0.2) is 0 Å². The van der Waals surface area contributed by atoms with Gasteiger partial charge in [-0.1, -0.05) is 30.3 Å². The Morgan fingerprint density at radius 1 is 1.14 bits per heavy atom. The summed E-state index contributed by atoms with van der Waals surface area (Å²) in [4.78, 5) is 0. The zero-order valence-electron chi connectivity index (χ0n) is 11.8. The minimum atomic E-state index is -3.24. The number of rotatable bonds is 6. The van der Waals surface area contributed by atoms with E-state index >= 15 is 0 Å². The van der Waals surface area contributed by atoms with Crippen molar-refractivity contribution in [3.8, 4) is 5.75 Å². The first-order chi connectivity index (χ1) is 10.5. The molecule has 1 saturated carbocycles. The van der Waals surface area contributed by atoms with Crippen molar-refractivity contribution in [2.24, 2.45) is 0 Å². The third kappa shape index (κ3) is 3.81. The van der Waals surface area contributed by atoms with Crippen LogP contribution in [0.1, 0.15) is 18.4 Å². The van der Waals surface area contributed by atoms with Gasteiger partial charge < -0.3 is 4.74 Å². The monoisotopic (exact) mass is 381 g/mol. The van der Waals surface area contributed by atoms with Gasteiger partial charge in [0.2, 0.25) is 10.0 Å². The topological polar surface area (TPSA) is 55.4 Å². The standard InChI is InChI=1S/C16H16BrNO3S/c17-15-10-13(18-22(19,20)14-7-8-14)6-9-16(15)21-11-12-4-2-1-3-5-12/h1-6,9-10,14,18H,7-8,11H2. The van der Waals surface area contributed by atoms with E-state index in [1.54, 1.807) is 18.2 Å². The van der Waals surface area contributed by atoms with Crippen LogP contribution in [0.2, 0.25) is 0 Å². The van der Waals surface area contributed by atoms with Gasteiger partial charge in [-0.15, -0.1) is 0 Å². The second kappa shape index (κ2) is 6.30. The molecule has 3 rings (SSSR count). The number of nitrogens with one attached hydrogen (secondary N) is 1. The first-order valence-electron chi connectivity index (χ1n) is 7.02. The summed E-state index contributed by atoms with van der Waals surface area (Å²) in [5.74, 6) is 0.679. The van der Waals surface area contributed by atoms with E-state index in [1.165, 1.54) is 0 Å². The molecule has 4 nitrogen and oxygen atoms in total. The number of benzene rings is 2. The molecule has 116 valence electrons. The van der Waals surface area contributed by atoms with Crippen LogP contribution >= 0.6 is 15.9 Å². The summed E-state index contributed by atoms with van der Waals surface area (Å²) >= 11 is 3.42. The van der Waals surface area contributed by atoms with Crippen LogP contribution < -0.4 is 9.46 Å². The van der Waals surface area contributed by atoms with Crippen molar-refractivity contribution in [2.75, 3.05) is 4.72 Å². The number of hydrogen-bond acceptors (Lipinski definition) is 3. The Hall–Kier alpha value is -1.53. The molecular formula is C16H16BrNO3S. The molecule has 0 saturated heterocycles. The smallest absolute Gasteiger partial charge is 0.235 e. The van der Waals surface area contributed by atoms with Crippen molar-refractivity contribution < 1.29 is 13.2 Å². The molecule has 0 spiro atoms. The van der Waals surface area contributed by atoms with Gasteiger partial charge in [0.1, 0.15) is 12.4 Å². The van der Waals surface area contributed by atoms with Crippen LogP contribution in [0.15, 0.2) is 53.0 Å². The molecule has 1 aliphatic rings. The van der Waals surface area contributed by atoms with E-state index in [0.29, 0.717) is 18.0 Å². The van der Waals surface area contributed by atoms with Gasteiger partial charge in [0.25, 0.3) is 0 Å². The molecule has 0 bridgehead atoms. The Kier molecular flexibility index (Phi) is 4.40. The van der Waals surface area contributed by atoms with Crippen molar-refractivity contribution in [3.05, 3.63) is 58.6 Å². The van der Waals surface area contributed by atoms with Crippen LogP contribution in [0, 0.1) is 0 Å². The Balaban J connectivity index is 1.67. The van der Waals surface area contributed by atoms with E-state index in [0.717, 1.165) is 22.9 Å². The van der Waals surface area contributed by atoms with Gasteiger partial charge in [0.05, 0.1) is 9.72 Å². The maximum absolute atomic E-state index is 11.9. The maximum atomic E-state index is 11.9. The Bertz CT molecular complexity index is 758. The Morgan fingerprint density at radius 3 is 2.50 bits per heavy atom. The minimum Gasteiger partial charge on any atom is -0.488 e. The van der Waals surface area contributed by atoms with Crippen molar-refractivity contribution >= 4 is 31.6 Å². The third-order valence-corrected chi connectivity index (χ3v) is 5.88. The molecule has 1 fully saturated rings. The first-order valence-corrected chi connectivity index (χ1v) is 9.36. The number of sulfonamides is 1. The zero-order chi connectivity index (χ0) is 15.6. The fraction of sp³-hybridized carbons (Fsp3) is 0.250. The lowest BCUT2D eigenvalue weighted by molar-refractivity contribution is 0.304. The summed E-state index contributed by atoms with van der Waals surface area (Å²) in [7, 11) is -3.24. The molecule has 0 aliphatic heterocycles. The van der Waals surface area contributed by atoms with Gasteiger partial charge in [0, 0.05) is 5.69 Å². The lowest BCUT2D eigenvalue weighted by Gasteiger charge is -2.11. The predicted molar refractivity (Wildman–Crippen MR) is 90.5 cm³/mol. The lowest BCUT2D eigenvalue weighted by atomic mass is 10.2. The number of ether oxygens (including phenoxy) is 1. The van der Waals surface area contributed by atoms with Crippen LogP contribution in [0.3, 0.4) is 0 Å². The molecule has 0 atom stereocenters. The predicted octanol–water partition coefficient (Wildman–Crippen LogP) is 3.93. The molecular weight excluding hydrogens is 366 g/mol.